The van der Waals surface area contributed by atoms with Gasteiger partial charge in [0.15, 0.2) is 0 Å². The third-order valence-electron chi connectivity index (χ3n) is 7.54. The Morgan fingerprint density at radius 3 is 2.68 bits per heavy atom. The van der Waals surface area contributed by atoms with Crippen molar-refractivity contribution in [3.63, 3.8) is 0 Å². The summed E-state index contributed by atoms with van der Waals surface area (Å²) in [6.07, 6.45) is 3.43. The molecule has 1 aliphatic carbocycles. The molecular formula is C27H32FN7O2. The first-order valence-corrected chi connectivity index (χ1v) is 12.6. The van der Waals surface area contributed by atoms with Gasteiger partial charge in [0.1, 0.15) is 12.2 Å². The van der Waals surface area contributed by atoms with Gasteiger partial charge in [-0.3, -0.25) is 9.78 Å². The normalized spacial score (nSPS) is 22.5. The van der Waals surface area contributed by atoms with E-state index in [4.69, 9.17) is 0 Å². The van der Waals surface area contributed by atoms with Crippen molar-refractivity contribution in [3.8, 4) is 17.5 Å². The smallest absolute Gasteiger partial charge is 0.255 e. The van der Waals surface area contributed by atoms with E-state index in [2.05, 4.69) is 38.7 Å². The monoisotopic (exact) mass is 505 g/mol. The van der Waals surface area contributed by atoms with E-state index >= 15 is 0 Å². The molecule has 2 fully saturated rings. The molecule has 9 nitrogen and oxygen atoms in total. The Morgan fingerprint density at radius 1 is 1.27 bits per heavy atom. The highest BCUT2D eigenvalue weighted by Crippen LogP contribution is 2.39. The van der Waals surface area contributed by atoms with Crippen LogP contribution in [-0.4, -0.2) is 75.0 Å². The van der Waals surface area contributed by atoms with Crippen LogP contribution in [0, 0.1) is 23.2 Å². The summed E-state index contributed by atoms with van der Waals surface area (Å²) in [7, 11) is 2.15. The second-order valence-corrected chi connectivity index (χ2v) is 10.9. The maximum atomic E-state index is 14.3. The van der Waals surface area contributed by atoms with Gasteiger partial charge in [0, 0.05) is 25.3 Å². The number of nitriles is 1. The molecule has 194 valence electrons. The van der Waals surface area contributed by atoms with Crippen LogP contribution in [0.5, 0.6) is 0 Å². The molecule has 4 heterocycles. The number of carbonyl (C=O) groups excluding carboxylic acids is 1. The first kappa shape index (κ1) is 25.1. The average Bonchev–Trinajstić information content (AvgIpc) is 3.53. The number of pyridine rings is 1. The second kappa shape index (κ2) is 9.72. The van der Waals surface area contributed by atoms with Crippen LogP contribution in [0.2, 0.25) is 0 Å². The number of alkyl halides is 1. The van der Waals surface area contributed by atoms with Crippen molar-refractivity contribution < 1.29 is 14.3 Å². The molecule has 0 spiro atoms. The third-order valence-corrected chi connectivity index (χ3v) is 7.54. The van der Waals surface area contributed by atoms with E-state index in [-0.39, 0.29) is 12.6 Å². The minimum atomic E-state index is -1.61. The maximum absolute atomic E-state index is 14.3. The average molecular weight is 506 g/mol. The molecule has 2 aliphatic rings. The predicted molar refractivity (Wildman–Crippen MR) is 138 cm³/mol. The van der Waals surface area contributed by atoms with Gasteiger partial charge in [0.05, 0.1) is 52.1 Å². The number of aliphatic hydroxyl groups is 1. The van der Waals surface area contributed by atoms with Gasteiger partial charge in [-0.15, -0.1) is 0 Å². The molecule has 5 rings (SSSR count). The molecule has 3 aromatic rings. The molecule has 10 heteroatoms. The Balaban J connectivity index is 1.44. The molecule has 3 aromatic heterocycles. The standard InChI is InChI=1S/C27H32FN7O2/c1-27(2,37)25(28)13-31-26(36)21-12-30-23(24-5-4-20-6-16(10-29)11-32-35(20)24)9-22(21)33-19-7-17-14-34(3)15-18(17)8-19/h4-6,9,11-12,17-19,25,37H,7-8,13-15H2,1-3H3,(H,30,33)(H,31,36)/t17-,18+,19+,25-/m1/s1. The van der Waals surface area contributed by atoms with Crippen molar-refractivity contribution in [2.24, 2.45) is 11.8 Å². The molecule has 1 aliphatic heterocycles. The number of aromatic nitrogens is 3. The first-order valence-electron chi connectivity index (χ1n) is 12.6. The van der Waals surface area contributed by atoms with Gasteiger partial charge in [0.2, 0.25) is 0 Å². The lowest BCUT2D eigenvalue weighted by molar-refractivity contribution is -0.00177. The van der Waals surface area contributed by atoms with E-state index in [9.17, 15) is 19.6 Å². The SMILES string of the molecule is CN1C[C@H]2C[C@H](Nc3cc(-c4ccc5cc(C#N)cnn45)ncc3C(=O)NC[C@@H](F)C(C)(C)O)C[C@H]2C1. The maximum Gasteiger partial charge on any atom is 0.255 e. The zero-order chi connectivity index (χ0) is 26.3. The Hall–Kier alpha value is -3.55. The summed E-state index contributed by atoms with van der Waals surface area (Å²) in [5.41, 5.74) is 1.97. The van der Waals surface area contributed by atoms with Gasteiger partial charge < -0.3 is 20.6 Å². The van der Waals surface area contributed by atoms with Crippen molar-refractivity contribution in [3.05, 3.63) is 47.8 Å². The van der Waals surface area contributed by atoms with Gasteiger partial charge in [0.25, 0.3) is 5.91 Å². The van der Waals surface area contributed by atoms with Crippen LogP contribution in [0.25, 0.3) is 16.9 Å². The van der Waals surface area contributed by atoms with Crippen molar-refractivity contribution in [1.29, 1.82) is 5.26 Å². The van der Waals surface area contributed by atoms with Crippen LogP contribution in [0.15, 0.2) is 36.7 Å². The molecule has 0 unspecified atom stereocenters. The van der Waals surface area contributed by atoms with Gasteiger partial charge in [-0.1, -0.05) is 0 Å². The number of likely N-dealkylation sites (tertiary alicyclic amines) is 1. The fourth-order valence-electron chi connectivity index (χ4n) is 5.55. The summed E-state index contributed by atoms with van der Waals surface area (Å²) in [6.45, 7) is 4.60. The third kappa shape index (κ3) is 5.15. The minimum absolute atomic E-state index is 0.219. The van der Waals surface area contributed by atoms with Crippen molar-refractivity contribution in [1.82, 2.24) is 24.8 Å². The van der Waals surface area contributed by atoms with Gasteiger partial charge in [-0.2, -0.15) is 10.4 Å². The molecule has 4 atom stereocenters. The van der Waals surface area contributed by atoms with E-state index in [1.807, 2.05) is 18.2 Å². The number of nitrogens with zero attached hydrogens (tertiary/aromatic N) is 5. The van der Waals surface area contributed by atoms with Crippen molar-refractivity contribution in [2.75, 3.05) is 32.0 Å². The molecular weight excluding hydrogens is 473 g/mol. The number of amides is 1. The molecule has 1 saturated carbocycles. The Bertz CT molecular complexity index is 1350. The highest BCUT2D eigenvalue weighted by Gasteiger charge is 2.40. The Morgan fingerprint density at radius 2 is 2.00 bits per heavy atom. The number of halogens is 1. The van der Waals surface area contributed by atoms with Crippen LogP contribution in [-0.2, 0) is 0 Å². The summed E-state index contributed by atoms with van der Waals surface area (Å²) in [5, 5.41) is 29.6. The van der Waals surface area contributed by atoms with E-state index < -0.39 is 17.7 Å². The van der Waals surface area contributed by atoms with Gasteiger partial charge >= 0.3 is 0 Å². The topological polar surface area (TPSA) is 119 Å². The van der Waals surface area contributed by atoms with Crippen LogP contribution in [0.1, 0.15) is 42.6 Å². The quantitative estimate of drug-likeness (QED) is 0.452. The van der Waals surface area contributed by atoms with E-state index in [0.29, 0.717) is 34.3 Å². The van der Waals surface area contributed by atoms with Gasteiger partial charge in [-0.05, 0) is 69.8 Å². The lowest BCUT2D eigenvalue weighted by Crippen LogP contribution is -2.42. The summed E-state index contributed by atoms with van der Waals surface area (Å²) in [6, 6.07) is 9.64. The highest BCUT2D eigenvalue weighted by atomic mass is 19.1. The zero-order valence-electron chi connectivity index (χ0n) is 21.3. The van der Waals surface area contributed by atoms with Gasteiger partial charge in [-0.25, -0.2) is 8.91 Å². The first-order chi connectivity index (χ1) is 17.6. The zero-order valence-corrected chi connectivity index (χ0v) is 21.3. The molecule has 1 amide bonds. The summed E-state index contributed by atoms with van der Waals surface area (Å²) in [5.74, 6) is 0.810. The summed E-state index contributed by atoms with van der Waals surface area (Å²) >= 11 is 0. The number of hydrogen-bond donors (Lipinski definition) is 3. The largest absolute Gasteiger partial charge is 0.387 e. The second-order valence-electron chi connectivity index (χ2n) is 10.9. The number of hydrogen-bond acceptors (Lipinski definition) is 7. The van der Waals surface area contributed by atoms with Crippen molar-refractivity contribution >= 4 is 17.1 Å². The number of rotatable bonds is 7. The molecule has 37 heavy (non-hydrogen) atoms. The fourth-order valence-corrected chi connectivity index (χ4v) is 5.55. The number of nitrogens with one attached hydrogen (secondary N) is 2. The Kier molecular flexibility index (Phi) is 6.60. The van der Waals surface area contributed by atoms with Crippen LogP contribution < -0.4 is 10.6 Å². The number of carbonyl (C=O) groups is 1. The summed E-state index contributed by atoms with van der Waals surface area (Å²) < 4.78 is 16.0. The van der Waals surface area contributed by atoms with E-state index in [1.54, 1.807) is 10.6 Å². The molecule has 1 saturated heterocycles. The molecule has 0 radical (unpaired) electrons. The highest BCUT2D eigenvalue weighted by molar-refractivity contribution is 6.00. The summed E-state index contributed by atoms with van der Waals surface area (Å²) in [4.78, 5) is 20.0. The van der Waals surface area contributed by atoms with E-state index in [1.165, 1.54) is 26.2 Å². The molecule has 0 aromatic carbocycles. The van der Waals surface area contributed by atoms with Crippen LogP contribution >= 0.6 is 0 Å². The van der Waals surface area contributed by atoms with Crippen molar-refractivity contribution in [2.45, 2.75) is 44.5 Å². The number of fused-ring (bicyclic) bond motifs is 2. The van der Waals surface area contributed by atoms with Crippen LogP contribution in [0.3, 0.4) is 0 Å². The predicted octanol–water partition coefficient (Wildman–Crippen LogP) is 2.86. The van der Waals surface area contributed by atoms with Crippen LogP contribution in [0.4, 0.5) is 10.1 Å². The lowest BCUT2D eigenvalue weighted by Gasteiger charge is -2.23. The number of anilines is 1. The lowest BCUT2D eigenvalue weighted by atomic mass is 10.0. The molecule has 3 N–H and O–H groups in total. The fraction of sp³-hybridized carbons (Fsp3) is 0.481. The molecule has 0 bridgehead atoms. The Labute approximate surface area is 215 Å². The minimum Gasteiger partial charge on any atom is -0.387 e. The van der Waals surface area contributed by atoms with E-state index in [0.717, 1.165) is 37.1 Å².